The second kappa shape index (κ2) is 7.62. The van der Waals surface area contributed by atoms with Gasteiger partial charge < -0.3 is 15.2 Å². The number of nitrogens with one attached hydrogen (secondary N) is 1. The average molecular weight is 395 g/mol. The third-order valence-electron chi connectivity index (χ3n) is 2.85. The fourth-order valence-corrected chi connectivity index (χ4v) is 3.22. The van der Waals surface area contributed by atoms with E-state index < -0.39 is 0 Å². The predicted octanol–water partition coefficient (Wildman–Crippen LogP) is 3.86. The van der Waals surface area contributed by atoms with E-state index in [1.54, 1.807) is 0 Å². The van der Waals surface area contributed by atoms with Crippen molar-refractivity contribution in [3.05, 3.63) is 26.6 Å². The van der Waals surface area contributed by atoms with Gasteiger partial charge in [0.1, 0.15) is 5.75 Å². The molecule has 19 heavy (non-hydrogen) atoms. The molecular weight excluding hydrogens is 374 g/mol. The smallest absolute Gasteiger partial charge is 0.147 e. The molecule has 0 radical (unpaired) electrons. The zero-order valence-corrected chi connectivity index (χ0v) is 14.8. The van der Waals surface area contributed by atoms with E-state index in [2.05, 4.69) is 63.2 Å². The van der Waals surface area contributed by atoms with Gasteiger partial charge in [-0.2, -0.15) is 0 Å². The zero-order valence-electron chi connectivity index (χ0n) is 11.6. The van der Waals surface area contributed by atoms with Crippen molar-refractivity contribution >= 4 is 31.9 Å². The first-order chi connectivity index (χ1) is 8.89. The molecule has 0 aliphatic rings. The van der Waals surface area contributed by atoms with Gasteiger partial charge >= 0.3 is 0 Å². The molecule has 5 heteroatoms. The molecule has 108 valence electrons. The van der Waals surface area contributed by atoms with Crippen molar-refractivity contribution in [3.63, 3.8) is 0 Å². The summed E-state index contributed by atoms with van der Waals surface area (Å²) in [5, 5.41) is 12.5. The SMILES string of the molecule is CCOc1c(Br)cc(CNC(C)(C)CCO)cc1Br. The molecule has 0 atom stereocenters. The van der Waals surface area contributed by atoms with Crippen LogP contribution in [0.2, 0.25) is 0 Å². The van der Waals surface area contributed by atoms with E-state index in [9.17, 15) is 0 Å². The van der Waals surface area contributed by atoms with Crippen molar-refractivity contribution in [2.75, 3.05) is 13.2 Å². The van der Waals surface area contributed by atoms with Gasteiger partial charge in [-0.3, -0.25) is 0 Å². The lowest BCUT2D eigenvalue weighted by molar-refractivity contribution is 0.230. The predicted molar refractivity (Wildman–Crippen MR) is 85.6 cm³/mol. The van der Waals surface area contributed by atoms with Crippen LogP contribution in [0, 0.1) is 0 Å². The standard InChI is InChI=1S/C14H21Br2NO2/c1-4-19-13-11(15)7-10(8-12(13)16)9-17-14(2,3)5-6-18/h7-8,17-18H,4-6,9H2,1-3H3. The van der Waals surface area contributed by atoms with Crippen molar-refractivity contribution in [1.82, 2.24) is 5.32 Å². The Labute approximate surface area is 132 Å². The second-order valence-electron chi connectivity index (χ2n) is 5.03. The molecule has 1 rings (SSSR count). The number of aliphatic hydroxyl groups is 1. The van der Waals surface area contributed by atoms with Crippen molar-refractivity contribution in [2.45, 2.75) is 39.3 Å². The molecule has 1 aromatic rings. The summed E-state index contributed by atoms with van der Waals surface area (Å²) in [4.78, 5) is 0. The summed E-state index contributed by atoms with van der Waals surface area (Å²) in [7, 11) is 0. The van der Waals surface area contributed by atoms with E-state index in [4.69, 9.17) is 9.84 Å². The number of benzene rings is 1. The molecule has 0 fully saturated rings. The molecule has 2 N–H and O–H groups in total. The van der Waals surface area contributed by atoms with Crippen LogP contribution in [0.5, 0.6) is 5.75 Å². The van der Waals surface area contributed by atoms with E-state index >= 15 is 0 Å². The summed E-state index contributed by atoms with van der Waals surface area (Å²) in [5.74, 6) is 0.834. The summed E-state index contributed by atoms with van der Waals surface area (Å²) >= 11 is 7.05. The van der Waals surface area contributed by atoms with Crippen LogP contribution in [0.25, 0.3) is 0 Å². The Bertz CT molecular complexity index is 399. The summed E-state index contributed by atoms with van der Waals surface area (Å²) in [6, 6.07) is 4.11. The van der Waals surface area contributed by atoms with Crippen LogP contribution in [0.4, 0.5) is 0 Å². The van der Waals surface area contributed by atoms with Gasteiger partial charge in [0.05, 0.1) is 15.6 Å². The molecule has 0 bridgehead atoms. The minimum Gasteiger partial charge on any atom is -0.492 e. The van der Waals surface area contributed by atoms with E-state index in [-0.39, 0.29) is 12.1 Å². The fraction of sp³-hybridized carbons (Fsp3) is 0.571. The molecular formula is C14H21Br2NO2. The third kappa shape index (κ3) is 5.42. The van der Waals surface area contributed by atoms with E-state index in [1.165, 1.54) is 0 Å². The highest BCUT2D eigenvalue weighted by Crippen LogP contribution is 2.34. The highest BCUT2D eigenvalue weighted by Gasteiger charge is 2.16. The van der Waals surface area contributed by atoms with Gasteiger partial charge in [-0.1, -0.05) is 0 Å². The quantitative estimate of drug-likeness (QED) is 0.737. The van der Waals surface area contributed by atoms with Crippen molar-refractivity contribution in [3.8, 4) is 5.75 Å². The Balaban J connectivity index is 2.75. The highest BCUT2D eigenvalue weighted by molar-refractivity contribution is 9.11. The lowest BCUT2D eigenvalue weighted by Crippen LogP contribution is -2.39. The summed E-state index contributed by atoms with van der Waals surface area (Å²) in [5.41, 5.74) is 1.08. The number of ether oxygens (including phenoxy) is 1. The first kappa shape index (κ1) is 17.0. The van der Waals surface area contributed by atoms with Gasteiger partial charge in [0.25, 0.3) is 0 Å². The highest BCUT2D eigenvalue weighted by atomic mass is 79.9. The molecule has 0 spiro atoms. The molecule has 0 saturated carbocycles. The van der Waals surface area contributed by atoms with Crippen LogP contribution in [-0.2, 0) is 6.54 Å². The summed E-state index contributed by atoms with van der Waals surface area (Å²) < 4.78 is 7.45. The van der Waals surface area contributed by atoms with Crippen molar-refractivity contribution < 1.29 is 9.84 Å². The maximum atomic E-state index is 9.01. The third-order valence-corrected chi connectivity index (χ3v) is 4.03. The number of halogens is 2. The lowest BCUT2D eigenvalue weighted by Gasteiger charge is -2.25. The number of aliphatic hydroxyl groups excluding tert-OH is 1. The minimum absolute atomic E-state index is 0.0771. The molecule has 0 aliphatic heterocycles. The normalized spacial score (nSPS) is 11.7. The summed E-state index contributed by atoms with van der Waals surface area (Å²) in [6.45, 7) is 7.71. The van der Waals surface area contributed by atoms with E-state index in [1.807, 2.05) is 6.92 Å². The number of hydrogen-bond acceptors (Lipinski definition) is 3. The van der Waals surface area contributed by atoms with E-state index in [0.717, 1.165) is 33.2 Å². The lowest BCUT2D eigenvalue weighted by atomic mass is 10.0. The van der Waals surface area contributed by atoms with Crippen LogP contribution in [0.3, 0.4) is 0 Å². The molecule has 0 heterocycles. The molecule has 1 aromatic carbocycles. The molecule has 0 saturated heterocycles. The average Bonchev–Trinajstić information content (AvgIpc) is 2.31. The van der Waals surface area contributed by atoms with Gasteiger partial charge in [0.2, 0.25) is 0 Å². The topological polar surface area (TPSA) is 41.5 Å². The van der Waals surface area contributed by atoms with Crippen LogP contribution in [0.15, 0.2) is 21.1 Å². The van der Waals surface area contributed by atoms with Gasteiger partial charge in [-0.15, -0.1) is 0 Å². The monoisotopic (exact) mass is 393 g/mol. The molecule has 0 amide bonds. The Morgan fingerprint density at radius 1 is 1.26 bits per heavy atom. The molecule has 3 nitrogen and oxygen atoms in total. The summed E-state index contributed by atoms with van der Waals surface area (Å²) in [6.07, 6.45) is 0.729. The van der Waals surface area contributed by atoms with Gasteiger partial charge in [-0.25, -0.2) is 0 Å². The largest absolute Gasteiger partial charge is 0.492 e. The van der Waals surface area contributed by atoms with Gasteiger partial charge in [0, 0.05) is 18.7 Å². The van der Waals surface area contributed by atoms with Gasteiger partial charge in [-0.05, 0) is 76.7 Å². The Morgan fingerprint density at radius 3 is 2.32 bits per heavy atom. The zero-order chi connectivity index (χ0) is 14.5. The van der Waals surface area contributed by atoms with Crippen LogP contribution >= 0.6 is 31.9 Å². The molecule has 0 aromatic heterocycles. The maximum Gasteiger partial charge on any atom is 0.147 e. The Morgan fingerprint density at radius 2 is 1.84 bits per heavy atom. The maximum absolute atomic E-state index is 9.01. The number of rotatable bonds is 7. The fourth-order valence-electron chi connectivity index (χ4n) is 1.71. The van der Waals surface area contributed by atoms with Crippen molar-refractivity contribution in [1.29, 1.82) is 0 Å². The first-order valence-electron chi connectivity index (χ1n) is 6.36. The van der Waals surface area contributed by atoms with Gasteiger partial charge in [0.15, 0.2) is 0 Å². The first-order valence-corrected chi connectivity index (χ1v) is 7.95. The molecule has 0 unspecified atom stereocenters. The van der Waals surface area contributed by atoms with Crippen molar-refractivity contribution in [2.24, 2.45) is 0 Å². The van der Waals surface area contributed by atoms with Crippen LogP contribution in [-0.4, -0.2) is 23.9 Å². The van der Waals surface area contributed by atoms with E-state index in [0.29, 0.717) is 6.61 Å². The molecule has 0 aliphatic carbocycles. The number of hydrogen-bond donors (Lipinski definition) is 2. The second-order valence-corrected chi connectivity index (χ2v) is 6.74. The van der Waals surface area contributed by atoms with Crippen LogP contribution in [0.1, 0.15) is 32.8 Å². The Hall–Kier alpha value is -0.100. The Kier molecular flexibility index (Phi) is 6.80. The minimum atomic E-state index is -0.0771. The van der Waals surface area contributed by atoms with Crippen LogP contribution < -0.4 is 10.1 Å².